The molecule has 1 aliphatic heterocycles. The Morgan fingerprint density at radius 1 is 1.23 bits per heavy atom. The number of carbonyl (C=O) groups excluding carboxylic acids is 2. The van der Waals surface area contributed by atoms with Gasteiger partial charge in [0.15, 0.2) is 16.8 Å². The molecule has 0 atom stereocenters. The second-order valence-electron chi connectivity index (χ2n) is 6.67. The van der Waals surface area contributed by atoms with Crippen molar-refractivity contribution in [2.45, 2.75) is 24.7 Å². The van der Waals surface area contributed by atoms with Crippen LogP contribution in [0.2, 0.25) is 0 Å². The Labute approximate surface area is 175 Å². The van der Waals surface area contributed by atoms with Crippen LogP contribution in [0, 0.1) is 24.5 Å². The summed E-state index contributed by atoms with van der Waals surface area (Å²) in [6, 6.07) is 2.42. The summed E-state index contributed by atoms with van der Waals surface area (Å²) in [6.45, 7) is 1.74. The molecule has 30 heavy (non-hydrogen) atoms. The highest BCUT2D eigenvalue weighted by atomic mass is 32.2. The number of piperidine rings is 1. The molecule has 2 aromatic rings. The minimum absolute atomic E-state index is 0.0592. The van der Waals surface area contributed by atoms with Gasteiger partial charge in [0.05, 0.1) is 17.7 Å². The van der Waals surface area contributed by atoms with Crippen molar-refractivity contribution in [1.29, 1.82) is 0 Å². The van der Waals surface area contributed by atoms with Crippen molar-refractivity contribution in [3.05, 3.63) is 40.4 Å². The van der Waals surface area contributed by atoms with Crippen LogP contribution in [0.15, 0.2) is 23.1 Å². The van der Waals surface area contributed by atoms with E-state index >= 15 is 0 Å². The highest BCUT2D eigenvalue weighted by Crippen LogP contribution is 2.27. The maximum atomic E-state index is 13.4. The standard InChI is InChI=1S/C18H19F2N3O5S2/c1-10-15(17(25)28-2)29-18(21-10)22-16(24)11-5-7-23(8-6-11)30(26,27)12-3-4-13(19)14(20)9-12/h3-4,9,11H,5-8H2,1-2H3,(H,21,22,24). The molecule has 0 radical (unpaired) electrons. The summed E-state index contributed by atoms with van der Waals surface area (Å²) in [6.07, 6.45) is 0.506. The van der Waals surface area contributed by atoms with E-state index < -0.39 is 33.5 Å². The number of esters is 1. The molecule has 0 unspecified atom stereocenters. The average molecular weight is 459 g/mol. The largest absolute Gasteiger partial charge is 0.465 e. The number of aryl methyl sites for hydroxylation is 1. The third kappa shape index (κ3) is 4.50. The Morgan fingerprint density at radius 2 is 1.90 bits per heavy atom. The lowest BCUT2D eigenvalue weighted by molar-refractivity contribution is -0.120. The predicted molar refractivity (Wildman–Crippen MR) is 105 cm³/mol. The first-order valence-corrected chi connectivity index (χ1v) is 11.2. The Hall–Kier alpha value is -2.44. The number of nitrogens with one attached hydrogen (secondary N) is 1. The van der Waals surface area contributed by atoms with Gasteiger partial charge in [-0.15, -0.1) is 0 Å². The van der Waals surface area contributed by atoms with Gasteiger partial charge in [0.2, 0.25) is 15.9 Å². The number of rotatable bonds is 5. The normalized spacial score (nSPS) is 15.7. The van der Waals surface area contributed by atoms with E-state index in [-0.39, 0.29) is 41.9 Å². The SMILES string of the molecule is COC(=O)c1sc(NC(=O)C2CCN(S(=O)(=O)c3ccc(F)c(F)c3)CC2)nc1C. The number of amides is 1. The van der Waals surface area contributed by atoms with Crippen molar-refractivity contribution >= 4 is 38.4 Å². The zero-order chi connectivity index (χ0) is 22.1. The molecule has 162 valence electrons. The zero-order valence-electron chi connectivity index (χ0n) is 16.1. The van der Waals surface area contributed by atoms with E-state index in [4.69, 9.17) is 0 Å². The first-order valence-electron chi connectivity index (χ1n) is 8.95. The molecular formula is C18H19F2N3O5S2. The van der Waals surface area contributed by atoms with Gasteiger partial charge in [-0.1, -0.05) is 11.3 Å². The van der Waals surface area contributed by atoms with Gasteiger partial charge in [0.25, 0.3) is 0 Å². The molecule has 8 nitrogen and oxygen atoms in total. The molecule has 0 spiro atoms. The molecule has 3 rings (SSSR count). The molecule has 2 heterocycles. The minimum Gasteiger partial charge on any atom is -0.465 e. The fourth-order valence-electron chi connectivity index (χ4n) is 3.08. The van der Waals surface area contributed by atoms with Gasteiger partial charge in [-0.2, -0.15) is 4.31 Å². The number of sulfonamides is 1. The van der Waals surface area contributed by atoms with Crippen molar-refractivity contribution in [2.75, 3.05) is 25.5 Å². The lowest BCUT2D eigenvalue weighted by atomic mass is 9.97. The zero-order valence-corrected chi connectivity index (χ0v) is 17.8. The lowest BCUT2D eigenvalue weighted by Crippen LogP contribution is -2.41. The van der Waals surface area contributed by atoms with Crippen LogP contribution >= 0.6 is 11.3 Å². The monoisotopic (exact) mass is 459 g/mol. The maximum absolute atomic E-state index is 13.4. The van der Waals surface area contributed by atoms with E-state index in [0.29, 0.717) is 16.6 Å². The summed E-state index contributed by atoms with van der Waals surface area (Å²) in [4.78, 5) is 28.3. The Kier molecular flexibility index (Phi) is 6.48. The quantitative estimate of drug-likeness (QED) is 0.689. The molecule has 0 bridgehead atoms. The number of benzene rings is 1. The summed E-state index contributed by atoms with van der Waals surface area (Å²) in [5.74, 6) is -3.69. The first kappa shape index (κ1) is 22.2. The van der Waals surface area contributed by atoms with E-state index in [1.165, 1.54) is 7.11 Å². The number of carbonyl (C=O) groups is 2. The van der Waals surface area contributed by atoms with E-state index in [2.05, 4.69) is 15.0 Å². The second-order valence-corrected chi connectivity index (χ2v) is 9.61. The molecule has 0 saturated carbocycles. The number of ether oxygens (including phenoxy) is 1. The van der Waals surface area contributed by atoms with Crippen LogP contribution in [0.4, 0.5) is 13.9 Å². The highest BCUT2D eigenvalue weighted by Gasteiger charge is 2.33. The van der Waals surface area contributed by atoms with Crippen molar-refractivity contribution in [1.82, 2.24) is 9.29 Å². The number of aromatic nitrogens is 1. The summed E-state index contributed by atoms with van der Waals surface area (Å²) < 4.78 is 57.6. The van der Waals surface area contributed by atoms with Crippen molar-refractivity contribution < 1.29 is 31.5 Å². The van der Waals surface area contributed by atoms with Gasteiger partial charge in [-0.3, -0.25) is 4.79 Å². The third-order valence-electron chi connectivity index (χ3n) is 4.75. The van der Waals surface area contributed by atoms with Crippen LogP contribution in [0.3, 0.4) is 0 Å². The fourth-order valence-corrected chi connectivity index (χ4v) is 5.45. The van der Waals surface area contributed by atoms with E-state index in [1.807, 2.05) is 0 Å². The number of hydrogen-bond donors (Lipinski definition) is 1. The second kappa shape index (κ2) is 8.74. The number of halogens is 2. The van der Waals surface area contributed by atoms with E-state index in [9.17, 15) is 26.8 Å². The number of methoxy groups -OCH3 is 1. The molecule has 1 fully saturated rings. The summed E-state index contributed by atoms with van der Waals surface area (Å²) in [5, 5.41) is 2.91. The Morgan fingerprint density at radius 3 is 2.50 bits per heavy atom. The molecule has 12 heteroatoms. The molecule has 1 N–H and O–H groups in total. The van der Waals surface area contributed by atoms with Crippen molar-refractivity contribution in [2.24, 2.45) is 5.92 Å². The summed E-state index contributed by atoms with van der Waals surface area (Å²) in [7, 11) is -2.74. The van der Waals surface area contributed by atoms with Crippen molar-refractivity contribution in [3.63, 3.8) is 0 Å². The van der Waals surface area contributed by atoms with E-state index in [1.54, 1.807) is 6.92 Å². The van der Waals surface area contributed by atoms with Gasteiger partial charge in [0, 0.05) is 19.0 Å². The van der Waals surface area contributed by atoms with Crippen LogP contribution in [-0.4, -0.2) is 49.8 Å². The molecule has 1 aromatic heterocycles. The average Bonchev–Trinajstić information content (AvgIpc) is 3.09. The third-order valence-corrected chi connectivity index (χ3v) is 7.70. The summed E-state index contributed by atoms with van der Waals surface area (Å²) in [5.41, 5.74) is 0.439. The Balaban J connectivity index is 1.63. The molecule has 0 aliphatic carbocycles. The van der Waals surface area contributed by atoms with Gasteiger partial charge in [-0.05, 0) is 38.0 Å². The number of thiazole rings is 1. The lowest BCUT2D eigenvalue weighted by Gasteiger charge is -2.30. The van der Waals surface area contributed by atoms with Crippen LogP contribution in [0.1, 0.15) is 28.2 Å². The number of hydrogen-bond acceptors (Lipinski definition) is 7. The first-order chi connectivity index (χ1) is 14.1. The minimum atomic E-state index is -3.99. The molecule has 1 aromatic carbocycles. The van der Waals surface area contributed by atoms with Crippen molar-refractivity contribution in [3.8, 4) is 0 Å². The molecule has 1 amide bonds. The smallest absolute Gasteiger partial charge is 0.350 e. The van der Waals surface area contributed by atoms with Crippen LogP contribution in [0.5, 0.6) is 0 Å². The van der Waals surface area contributed by atoms with Crippen LogP contribution < -0.4 is 5.32 Å². The topological polar surface area (TPSA) is 106 Å². The molecular weight excluding hydrogens is 440 g/mol. The number of anilines is 1. The van der Waals surface area contributed by atoms with Crippen LogP contribution in [-0.2, 0) is 19.6 Å². The number of nitrogens with zero attached hydrogens (tertiary/aromatic N) is 2. The molecule has 1 aliphatic rings. The van der Waals surface area contributed by atoms with Gasteiger partial charge in [0.1, 0.15) is 4.88 Å². The van der Waals surface area contributed by atoms with E-state index in [0.717, 1.165) is 27.8 Å². The van der Waals surface area contributed by atoms with Gasteiger partial charge < -0.3 is 10.1 Å². The maximum Gasteiger partial charge on any atom is 0.350 e. The molecule has 1 saturated heterocycles. The summed E-state index contributed by atoms with van der Waals surface area (Å²) >= 11 is 0.999. The van der Waals surface area contributed by atoms with Crippen LogP contribution in [0.25, 0.3) is 0 Å². The Bertz CT molecular complexity index is 1080. The fraction of sp³-hybridized carbons (Fsp3) is 0.389. The van der Waals surface area contributed by atoms with Gasteiger partial charge in [-0.25, -0.2) is 27.0 Å². The highest BCUT2D eigenvalue weighted by molar-refractivity contribution is 7.89. The van der Waals surface area contributed by atoms with Gasteiger partial charge >= 0.3 is 5.97 Å². The predicted octanol–water partition coefficient (Wildman–Crippen LogP) is 2.56.